The normalized spacial score (nSPS) is 11.7. The number of halogens is 1. The zero-order valence-electron chi connectivity index (χ0n) is 11.3. The van der Waals surface area contributed by atoms with Gasteiger partial charge in [0, 0.05) is 9.35 Å². The lowest BCUT2D eigenvalue weighted by atomic mass is 10.2. The molecule has 0 saturated heterocycles. The number of carbonyl (C=O) groups is 2. The van der Waals surface area contributed by atoms with Crippen LogP contribution in [0.15, 0.2) is 46.3 Å². The number of amides is 1. The van der Waals surface area contributed by atoms with Gasteiger partial charge in [-0.15, -0.1) is 11.3 Å². The topological polar surface area (TPSA) is 55.4 Å². The summed E-state index contributed by atoms with van der Waals surface area (Å²) in [7, 11) is 0. The number of carbonyl (C=O) groups excluding carboxylic acids is 2. The fourth-order valence-electron chi connectivity index (χ4n) is 1.73. The molecule has 1 aromatic carbocycles. The van der Waals surface area contributed by atoms with Crippen LogP contribution < -0.4 is 5.32 Å². The Balaban J connectivity index is 1.84. The van der Waals surface area contributed by atoms with E-state index in [-0.39, 0.29) is 18.6 Å². The van der Waals surface area contributed by atoms with Crippen molar-refractivity contribution in [3.8, 4) is 0 Å². The van der Waals surface area contributed by atoms with Crippen LogP contribution in [0, 0.1) is 0 Å². The molecule has 4 nitrogen and oxygen atoms in total. The van der Waals surface area contributed by atoms with E-state index in [1.807, 2.05) is 24.4 Å². The lowest BCUT2D eigenvalue weighted by Gasteiger charge is -2.12. The molecule has 1 aromatic heterocycles. The molecule has 0 bridgehead atoms. The van der Waals surface area contributed by atoms with Crippen molar-refractivity contribution in [2.75, 3.05) is 6.61 Å². The maximum atomic E-state index is 11.9. The number of hydrogen-bond donors (Lipinski definition) is 1. The third-order valence-electron chi connectivity index (χ3n) is 2.78. The van der Waals surface area contributed by atoms with Gasteiger partial charge in [0.1, 0.15) is 0 Å². The lowest BCUT2D eigenvalue weighted by Crippen LogP contribution is -2.30. The molecule has 0 saturated carbocycles. The Labute approximate surface area is 135 Å². The first-order valence-corrected chi connectivity index (χ1v) is 7.99. The standard InChI is InChI=1S/C15H14BrNO3S/c1-10(13-7-4-8-21-13)17-14(18)9-20-15(19)11-5-2-3-6-12(11)16/h2-8,10H,9H2,1H3,(H,17,18)/t10-/m0/s1. The molecule has 0 spiro atoms. The van der Waals surface area contributed by atoms with Crippen molar-refractivity contribution >= 4 is 39.1 Å². The molecule has 0 aliphatic heterocycles. The highest BCUT2D eigenvalue weighted by Gasteiger charge is 2.15. The Morgan fingerprint density at radius 2 is 2.05 bits per heavy atom. The molecule has 110 valence electrons. The number of thiophene rings is 1. The van der Waals surface area contributed by atoms with Crippen LogP contribution in [0.25, 0.3) is 0 Å². The summed E-state index contributed by atoms with van der Waals surface area (Å²) in [5.41, 5.74) is 0.400. The fraction of sp³-hybridized carbons (Fsp3) is 0.200. The van der Waals surface area contributed by atoms with E-state index < -0.39 is 5.97 Å². The molecule has 1 N–H and O–H groups in total. The number of nitrogens with one attached hydrogen (secondary N) is 1. The average Bonchev–Trinajstić information content (AvgIpc) is 2.99. The molecule has 21 heavy (non-hydrogen) atoms. The van der Waals surface area contributed by atoms with Crippen molar-refractivity contribution in [3.63, 3.8) is 0 Å². The maximum absolute atomic E-state index is 11.9. The summed E-state index contributed by atoms with van der Waals surface area (Å²) in [6.07, 6.45) is 0. The van der Waals surface area contributed by atoms with E-state index in [2.05, 4.69) is 21.2 Å². The molecule has 1 heterocycles. The van der Waals surface area contributed by atoms with E-state index >= 15 is 0 Å². The van der Waals surface area contributed by atoms with Crippen LogP contribution >= 0.6 is 27.3 Å². The maximum Gasteiger partial charge on any atom is 0.339 e. The van der Waals surface area contributed by atoms with Crippen LogP contribution in [0.3, 0.4) is 0 Å². The molecule has 1 atom stereocenters. The van der Waals surface area contributed by atoms with Gasteiger partial charge in [-0.1, -0.05) is 18.2 Å². The van der Waals surface area contributed by atoms with E-state index in [0.29, 0.717) is 10.0 Å². The van der Waals surface area contributed by atoms with Gasteiger partial charge in [-0.25, -0.2) is 4.79 Å². The van der Waals surface area contributed by atoms with Crippen molar-refractivity contribution < 1.29 is 14.3 Å². The second-order valence-electron chi connectivity index (χ2n) is 4.36. The summed E-state index contributed by atoms with van der Waals surface area (Å²) < 4.78 is 5.65. The summed E-state index contributed by atoms with van der Waals surface area (Å²) in [5.74, 6) is -0.849. The summed E-state index contributed by atoms with van der Waals surface area (Å²) in [6.45, 7) is 1.59. The number of hydrogen-bond acceptors (Lipinski definition) is 4. The third-order valence-corrected chi connectivity index (χ3v) is 4.52. The molecular weight excluding hydrogens is 354 g/mol. The molecule has 1 amide bonds. The molecule has 0 unspecified atom stereocenters. The van der Waals surface area contributed by atoms with E-state index in [0.717, 1.165) is 4.88 Å². The predicted octanol–water partition coefficient (Wildman–Crippen LogP) is 3.54. The van der Waals surface area contributed by atoms with E-state index in [1.54, 1.807) is 35.6 Å². The Kier molecular flexibility index (Phi) is 5.52. The Bertz CT molecular complexity index is 628. The van der Waals surface area contributed by atoms with Crippen molar-refractivity contribution in [2.24, 2.45) is 0 Å². The minimum atomic E-state index is -0.526. The van der Waals surface area contributed by atoms with E-state index in [9.17, 15) is 9.59 Å². The molecule has 0 aliphatic rings. The summed E-state index contributed by atoms with van der Waals surface area (Å²) in [4.78, 5) is 24.7. The van der Waals surface area contributed by atoms with Crippen LogP contribution in [-0.2, 0) is 9.53 Å². The molecule has 0 radical (unpaired) electrons. The van der Waals surface area contributed by atoms with Crippen LogP contribution in [0.1, 0.15) is 28.2 Å². The Hall–Kier alpha value is -1.66. The first kappa shape index (κ1) is 15.7. The van der Waals surface area contributed by atoms with Crippen molar-refractivity contribution in [2.45, 2.75) is 13.0 Å². The van der Waals surface area contributed by atoms with Gasteiger partial charge in [-0.05, 0) is 46.4 Å². The summed E-state index contributed by atoms with van der Waals surface area (Å²) in [5, 5.41) is 4.74. The second-order valence-corrected chi connectivity index (χ2v) is 6.19. The third kappa shape index (κ3) is 4.41. The van der Waals surface area contributed by atoms with Gasteiger partial charge < -0.3 is 10.1 Å². The van der Waals surface area contributed by atoms with Crippen LogP contribution in [0.5, 0.6) is 0 Å². The van der Waals surface area contributed by atoms with Gasteiger partial charge in [0.15, 0.2) is 6.61 Å². The molecule has 0 fully saturated rings. The van der Waals surface area contributed by atoms with Crippen molar-refractivity contribution in [1.82, 2.24) is 5.32 Å². The van der Waals surface area contributed by atoms with Crippen LogP contribution in [0.4, 0.5) is 0 Å². The molecular formula is C15H14BrNO3S. The molecule has 6 heteroatoms. The smallest absolute Gasteiger partial charge is 0.339 e. The van der Waals surface area contributed by atoms with Gasteiger partial charge in [-0.2, -0.15) is 0 Å². The fourth-order valence-corrected chi connectivity index (χ4v) is 2.91. The minimum Gasteiger partial charge on any atom is -0.452 e. The Morgan fingerprint density at radius 3 is 2.71 bits per heavy atom. The van der Waals surface area contributed by atoms with Crippen LogP contribution in [0.2, 0.25) is 0 Å². The second kappa shape index (κ2) is 7.38. The number of ether oxygens (including phenoxy) is 1. The largest absolute Gasteiger partial charge is 0.452 e. The zero-order valence-corrected chi connectivity index (χ0v) is 13.7. The van der Waals surface area contributed by atoms with Gasteiger partial charge >= 0.3 is 5.97 Å². The Morgan fingerprint density at radius 1 is 1.29 bits per heavy atom. The van der Waals surface area contributed by atoms with Gasteiger partial charge in [0.05, 0.1) is 11.6 Å². The van der Waals surface area contributed by atoms with Crippen molar-refractivity contribution in [1.29, 1.82) is 0 Å². The highest BCUT2D eigenvalue weighted by Crippen LogP contribution is 2.18. The lowest BCUT2D eigenvalue weighted by molar-refractivity contribution is -0.124. The molecule has 2 rings (SSSR count). The molecule has 2 aromatic rings. The van der Waals surface area contributed by atoms with E-state index in [4.69, 9.17) is 4.74 Å². The number of esters is 1. The monoisotopic (exact) mass is 367 g/mol. The molecule has 0 aliphatic carbocycles. The zero-order chi connectivity index (χ0) is 15.2. The number of benzene rings is 1. The predicted molar refractivity (Wildman–Crippen MR) is 85.3 cm³/mol. The van der Waals surface area contributed by atoms with Crippen LogP contribution in [-0.4, -0.2) is 18.5 Å². The van der Waals surface area contributed by atoms with Gasteiger partial charge in [-0.3, -0.25) is 4.79 Å². The van der Waals surface area contributed by atoms with Gasteiger partial charge in [0.25, 0.3) is 5.91 Å². The highest BCUT2D eigenvalue weighted by atomic mass is 79.9. The summed E-state index contributed by atoms with van der Waals surface area (Å²) in [6, 6.07) is 10.7. The van der Waals surface area contributed by atoms with E-state index in [1.165, 1.54) is 0 Å². The summed E-state index contributed by atoms with van der Waals surface area (Å²) >= 11 is 4.84. The highest BCUT2D eigenvalue weighted by molar-refractivity contribution is 9.10. The van der Waals surface area contributed by atoms with Crippen molar-refractivity contribution in [3.05, 3.63) is 56.7 Å². The minimum absolute atomic E-state index is 0.0975. The van der Waals surface area contributed by atoms with Gasteiger partial charge in [0.2, 0.25) is 0 Å². The SMILES string of the molecule is C[C@H](NC(=O)COC(=O)c1ccccc1Br)c1cccs1. The first-order chi connectivity index (χ1) is 10.1. The average molecular weight is 368 g/mol. The first-order valence-electron chi connectivity index (χ1n) is 6.32. The quantitative estimate of drug-likeness (QED) is 0.822. The number of rotatable bonds is 5.